The maximum absolute atomic E-state index is 12.5. The molecule has 0 radical (unpaired) electrons. The number of carbonyl (C=O) groups is 1. The van der Waals surface area contributed by atoms with Crippen molar-refractivity contribution in [1.29, 1.82) is 5.26 Å². The quantitative estimate of drug-likeness (QED) is 0.779. The molecule has 2 amide bonds. The summed E-state index contributed by atoms with van der Waals surface area (Å²) < 4.78 is 24.9. The highest BCUT2D eigenvalue weighted by Gasteiger charge is 2.41. The van der Waals surface area contributed by atoms with Crippen molar-refractivity contribution in [1.82, 2.24) is 15.1 Å². The Morgan fingerprint density at radius 1 is 1.18 bits per heavy atom. The van der Waals surface area contributed by atoms with Gasteiger partial charge in [0.25, 0.3) is 0 Å². The highest BCUT2D eigenvalue weighted by atomic mass is 32.2. The van der Waals surface area contributed by atoms with E-state index >= 15 is 0 Å². The highest BCUT2D eigenvalue weighted by molar-refractivity contribution is 7.91. The number of urea groups is 1. The molecule has 0 aromatic heterocycles. The van der Waals surface area contributed by atoms with E-state index in [9.17, 15) is 13.2 Å². The second kappa shape index (κ2) is 8.50. The third-order valence-corrected chi connectivity index (χ3v) is 7.31. The summed E-state index contributed by atoms with van der Waals surface area (Å²) in [4.78, 5) is 16.6. The summed E-state index contributed by atoms with van der Waals surface area (Å²) in [5, 5.41) is 11.8. The summed E-state index contributed by atoms with van der Waals surface area (Å²) in [5.41, 5.74) is 0.457. The fourth-order valence-corrected chi connectivity index (χ4v) is 5.41. The molecule has 1 aromatic rings. The minimum absolute atomic E-state index is 0.0180. The number of rotatable bonds is 6. The third kappa shape index (κ3) is 4.83. The van der Waals surface area contributed by atoms with Crippen molar-refractivity contribution in [2.24, 2.45) is 11.8 Å². The Balaban J connectivity index is 1.44. The molecule has 2 aliphatic heterocycles. The summed E-state index contributed by atoms with van der Waals surface area (Å²) in [6, 6.07) is 8.24. The minimum Gasteiger partial charge on any atom is -0.336 e. The molecular weight excluding hydrogens is 376 g/mol. The zero-order valence-corrected chi connectivity index (χ0v) is 17.3. The van der Waals surface area contributed by atoms with E-state index < -0.39 is 9.84 Å². The van der Waals surface area contributed by atoms with Gasteiger partial charge >= 0.3 is 6.03 Å². The van der Waals surface area contributed by atoms with E-state index in [0.717, 1.165) is 32.7 Å². The molecule has 1 N–H and O–H groups in total. The zero-order valence-electron chi connectivity index (χ0n) is 16.5. The molecule has 7 nitrogen and oxygen atoms in total. The van der Waals surface area contributed by atoms with Crippen molar-refractivity contribution in [3.8, 4) is 6.07 Å². The predicted octanol–water partition coefficient (Wildman–Crippen LogP) is 1.70. The lowest BCUT2D eigenvalue weighted by Gasteiger charge is -2.22. The molecule has 0 bridgehead atoms. The Bertz CT molecular complexity index is 831. The number of amides is 2. The van der Waals surface area contributed by atoms with Crippen LogP contribution in [0.4, 0.5) is 4.79 Å². The van der Waals surface area contributed by atoms with E-state index in [4.69, 9.17) is 5.26 Å². The van der Waals surface area contributed by atoms with Gasteiger partial charge in [-0.05, 0) is 62.9 Å². The van der Waals surface area contributed by atoms with Crippen molar-refractivity contribution in [3.05, 3.63) is 29.8 Å². The molecule has 2 atom stereocenters. The Morgan fingerprint density at radius 2 is 1.79 bits per heavy atom. The number of hydrogen-bond donors (Lipinski definition) is 1. The van der Waals surface area contributed by atoms with E-state index in [1.54, 1.807) is 0 Å². The van der Waals surface area contributed by atoms with Crippen LogP contribution in [0.5, 0.6) is 0 Å². The number of nitrogens with one attached hydrogen (secondary N) is 1. The van der Waals surface area contributed by atoms with E-state index in [1.807, 2.05) is 24.8 Å². The third-order valence-electron chi connectivity index (χ3n) is 5.49. The average Bonchev–Trinajstić information content (AvgIpc) is 3.20. The fraction of sp³-hybridized carbons (Fsp3) is 0.600. The van der Waals surface area contributed by atoms with Gasteiger partial charge in [0.2, 0.25) is 0 Å². The lowest BCUT2D eigenvalue weighted by atomic mass is 10.0. The van der Waals surface area contributed by atoms with Crippen molar-refractivity contribution >= 4 is 15.9 Å². The van der Waals surface area contributed by atoms with Crippen LogP contribution >= 0.6 is 0 Å². The molecule has 0 spiro atoms. The van der Waals surface area contributed by atoms with Crippen LogP contribution in [0.3, 0.4) is 0 Å². The Labute approximate surface area is 167 Å². The van der Waals surface area contributed by atoms with Gasteiger partial charge in [0.15, 0.2) is 9.84 Å². The van der Waals surface area contributed by atoms with Gasteiger partial charge < -0.3 is 15.1 Å². The predicted molar refractivity (Wildman–Crippen MR) is 106 cm³/mol. The fourth-order valence-electron chi connectivity index (χ4n) is 4.11. The van der Waals surface area contributed by atoms with E-state index in [-0.39, 0.29) is 22.7 Å². The van der Waals surface area contributed by atoms with Crippen molar-refractivity contribution in [2.75, 3.05) is 38.5 Å². The number of nitrogens with zero attached hydrogens (tertiary/aromatic N) is 3. The van der Waals surface area contributed by atoms with Gasteiger partial charge in [0, 0.05) is 32.2 Å². The summed E-state index contributed by atoms with van der Waals surface area (Å²) in [5.74, 6) is 1.06. The summed E-state index contributed by atoms with van der Waals surface area (Å²) in [6.45, 7) is 8.08. The Kier molecular flexibility index (Phi) is 6.26. The normalized spacial score (nSPS) is 22.3. The van der Waals surface area contributed by atoms with E-state index in [1.165, 1.54) is 24.3 Å². The van der Waals surface area contributed by atoms with Gasteiger partial charge in [-0.1, -0.05) is 0 Å². The first-order valence-corrected chi connectivity index (χ1v) is 11.4. The Morgan fingerprint density at radius 3 is 2.32 bits per heavy atom. The number of likely N-dealkylation sites (tertiary alicyclic amines) is 2. The number of benzene rings is 1. The molecule has 2 unspecified atom stereocenters. The minimum atomic E-state index is -3.32. The smallest absolute Gasteiger partial charge is 0.317 e. The van der Waals surface area contributed by atoms with Crippen LogP contribution in [-0.2, 0) is 9.84 Å². The summed E-state index contributed by atoms with van der Waals surface area (Å²) in [6.07, 6.45) is 0.583. The summed E-state index contributed by atoms with van der Waals surface area (Å²) in [7, 11) is -3.32. The zero-order chi connectivity index (χ0) is 20.3. The van der Waals surface area contributed by atoms with Crippen LogP contribution in [-0.4, -0.2) is 68.8 Å². The maximum atomic E-state index is 12.5. The lowest BCUT2D eigenvalue weighted by Crippen LogP contribution is -2.43. The SMILES string of the molecule is CC(C)NC(=O)N1CC2CN(CCCS(=O)(=O)c3ccc(C#N)cc3)CC2C1. The molecule has 0 aliphatic carbocycles. The van der Waals surface area contributed by atoms with Gasteiger partial charge in [0.1, 0.15) is 0 Å². The van der Waals surface area contributed by atoms with Crippen LogP contribution < -0.4 is 5.32 Å². The number of carbonyl (C=O) groups excluding carboxylic acids is 1. The van der Waals surface area contributed by atoms with Crippen LogP contribution in [0, 0.1) is 23.2 Å². The monoisotopic (exact) mass is 404 g/mol. The van der Waals surface area contributed by atoms with E-state index in [2.05, 4.69) is 10.2 Å². The van der Waals surface area contributed by atoms with Gasteiger partial charge in [-0.2, -0.15) is 5.26 Å². The van der Waals surface area contributed by atoms with Gasteiger partial charge in [-0.3, -0.25) is 0 Å². The average molecular weight is 405 g/mol. The largest absolute Gasteiger partial charge is 0.336 e. The van der Waals surface area contributed by atoms with Crippen LogP contribution in [0.2, 0.25) is 0 Å². The van der Waals surface area contributed by atoms with Gasteiger partial charge in [0.05, 0.1) is 22.3 Å². The second-order valence-electron chi connectivity index (χ2n) is 8.10. The second-order valence-corrected chi connectivity index (χ2v) is 10.2. The molecular formula is C20H28N4O3S. The first kappa shape index (κ1) is 20.6. The molecule has 8 heteroatoms. The molecule has 152 valence electrons. The van der Waals surface area contributed by atoms with Gasteiger partial charge in [-0.25, -0.2) is 13.2 Å². The van der Waals surface area contributed by atoms with E-state index in [0.29, 0.717) is 23.8 Å². The molecule has 2 saturated heterocycles. The first-order valence-electron chi connectivity index (χ1n) is 9.79. The lowest BCUT2D eigenvalue weighted by molar-refractivity contribution is 0.197. The number of hydrogen-bond acceptors (Lipinski definition) is 5. The number of fused-ring (bicyclic) bond motifs is 1. The highest BCUT2D eigenvalue weighted by Crippen LogP contribution is 2.31. The molecule has 2 aliphatic rings. The number of sulfone groups is 1. The molecule has 2 fully saturated rings. The molecule has 3 rings (SSSR count). The standard InChI is InChI=1S/C20H28N4O3S/c1-15(2)22-20(25)24-13-17-11-23(12-18(17)14-24)8-3-9-28(26,27)19-6-4-16(10-21)5-7-19/h4-7,15,17-18H,3,8-9,11-14H2,1-2H3,(H,22,25). The molecule has 0 saturated carbocycles. The first-order chi connectivity index (χ1) is 13.3. The van der Waals surface area contributed by atoms with Crippen LogP contribution in [0.1, 0.15) is 25.8 Å². The molecule has 1 aromatic carbocycles. The Hall–Kier alpha value is -2.11. The number of nitriles is 1. The van der Waals surface area contributed by atoms with Crippen LogP contribution in [0.25, 0.3) is 0 Å². The van der Waals surface area contributed by atoms with Crippen molar-refractivity contribution in [2.45, 2.75) is 31.2 Å². The topological polar surface area (TPSA) is 93.5 Å². The molecule has 28 heavy (non-hydrogen) atoms. The summed E-state index contributed by atoms with van der Waals surface area (Å²) >= 11 is 0. The van der Waals surface area contributed by atoms with Crippen LogP contribution in [0.15, 0.2) is 29.2 Å². The molecule has 2 heterocycles. The van der Waals surface area contributed by atoms with Gasteiger partial charge in [-0.15, -0.1) is 0 Å². The maximum Gasteiger partial charge on any atom is 0.317 e. The van der Waals surface area contributed by atoms with Crippen molar-refractivity contribution < 1.29 is 13.2 Å². The van der Waals surface area contributed by atoms with Crippen molar-refractivity contribution in [3.63, 3.8) is 0 Å².